The van der Waals surface area contributed by atoms with Gasteiger partial charge in [0.1, 0.15) is 23.3 Å². The average molecular weight is 287 g/mol. The van der Waals surface area contributed by atoms with Gasteiger partial charge in [0.25, 0.3) is 0 Å². The van der Waals surface area contributed by atoms with Gasteiger partial charge in [0.15, 0.2) is 5.78 Å². The van der Waals surface area contributed by atoms with Gasteiger partial charge >= 0.3 is 0 Å². The van der Waals surface area contributed by atoms with E-state index in [0.29, 0.717) is 17.4 Å². The summed E-state index contributed by atoms with van der Waals surface area (Å²) in [6.45, 7) is 0. The van der Waals surface area contributed by atoms with Crippen molar-refractivity contribution >= 4 is 5.78 Å². The van der Waals surface area contributed by atoms with Gasteiger partial charge in [-0.1, -0.05) is 12.1 Å². The molecule has 0 amide bonds. The molecule has 0 aromatic heterocycles. The van der Waals surface area contributed by atoms with Gasteiger partial charge in [0, 0.05) is 11.6 Å². The van der Waals surface area contributed by atoms with Gasteiger partial charge in [-0.15, -0.1) is 0 Å². The first-order valence-electron chi connectivity index (χ1n) is 6.09. The summed E-state index contributed by atoms with van der Waals surface area (Å²) >= 11 is 0. The van der Waals surface area contributed by atoms with Crippen molar-refractivity contribution in [2.45, 2.75) is 5.92 Å². The highest BCUT2D eigenvalue weighted by molar-refractivity contribution is 6.02. The minimum absolute atomic E-state index is 0.171. The van der Waals surface area contributed by atoms with Crippen molar-refractivity contribution in [2.75, 3.05) is 7.11 Å². The topological polar surface area (TPSA) is 50.1 Å². The Morgan fingerprint density at radius 3 is 2.19 bits per heavy atom. The number of ether oxygens (including phenoxy) is 1. The Labute approximate surface area is 120 Å². The summed E-state index contributed by atoms with van der Waals surface area (Å²) in [7, 11) is 1.50. The van der Waals surface area contributed by atoms with Crippen molar-refractivity contribution in [1.29, 1.82) is 5.26 Å². The molecule has 5 heteroatoms. The van der Waals surface area contributed by atoms with Crippen LogP contribution in [-0.2, 0) is 0 Å². The summed E-state index contributed by atoms with van der Waals surface area (Å²) in [5.74, 6) is -2.91. The number of carbonyl (C=O) groups excluding carboxylic acids is 1. The van der Waals surface area contributed by atoms with Gasteiger partial charge in [-0.3, -0.25) is 4.79 Å². The van der Waals surface area contributed by atoms with Crippen LogP contribution in [0.15, 0.2) is 42.5 Å². The number of nitriles is 1. The fourth-order valence-corrected chi connectivity index (χ4v) is 1.94. The highest BCUT2D eigenvalue weighted by Crippen LogP contribution is 2.23. The number of carbonyl (C=O) groups is 1. The van der Waals surface area contributed by atoms with Crippen LogP contribution in [0.1, 0.15) is 21.8 Å². The molecule has 106 valence electrons. The van der Waals surface area contributed by atoms with Gasteiger partial charge in [-0.2, -0.15) is 5.26 Å². The normalized spacial score (nSPS) is 11.5. The smallest absolute Gasteiger partial charge is 0.184 e. The Kier molecular flexibility index (Phi) is 4.29. The minimum Gasteiger partial charge on any atom is -0.497 e. The van der Waals surface area contributed by atoms with E-state index in [1.807, 2.05) is 6.07 Å². The molecular formula is C16H11F2NO2. The molecule has 2 aromatic carbocycles. The number of nitrogens with zero attached hydrogens (tertiary/aromatic N) is 1. The van der Waals surface area contributed by atoms with Crippen LogP contribution in [0, 0.1) is 23.0 Å². The first-order chi connectivity index (χ1) is 10.0. The molecule has 1 unspecified atom stereocenters. The van der Waals surface area contributed by atoms with Gasteiger partial charge in [0.2, 0.25) is 0 Å². The second kappa shape index (κ2) is 6.14. The van der Waals surface area contributed by atoms with Crippen LogP contribution in [0.3, 0.4) is 0 Å². The van der Waals surface area contributed by atoms with Crippen LogP contribution < -0.4 is 4.74 Å². The van der Waals surface area contributed by atoms with Crippen LogP contribution in [-0.4, -0.2) is 12.9 Å². The molecular weight excluding hydrogens is 276 g/mol. The maximum absolute atomic E-state index is 13.2. The van der Waals surface area contributed by atoms with Gasteiger partial charge in [-0.25, -0.2) is 8.78 Å². The quantitative estimate of drug-likeness (QED) is 0.809. The molecule has 0 aliphatic rings. The van der Waals surface area contributed by atoms with Crippen LogP contribution in [0.4, 0.5) is 8.78 Å². The van der Waals surface area contributed by atoms with Crippen molar-refractivity contribution in [3.05, 3.63) is 65.2 Å². The predicted octanol–water partition coefficient (Wildman–Crippen LogP) is 3.46. The van der Waals surface area contributed by atoms with Gasteiger partial charge in [0.05, 0.1) is 13.2 Å². The molecule has 0 saturated heterocycles. The van der Waals surface area contributed by atoms with Crippen molar-refractivity contribution in [3.8, 4) is 11.8 Å². The molecule has 2 rings (SSSR count). The summed E-state index contributed by atoms with van der Waals surface area (Å²) in [5.41, 5.74) is 0.267. The molecule has 0 spiro atoms. The van der Waals surface area contributed by atoms with Crippen molar-refractivity contribution in [2.24, 2.45) is 0 Å². The summed E-state index contributed by atoms with van der Waals surface area (Å²) in [6.07, 6.45) is 0. The fraction of sp³-hybridized carbons (Fsp3) is 0.125. The van der Waals surface area contributed by atoms with Gasteiger partial charge < -0.3 is 4.74 Å². The first kappa shape index (κ1) is 14.7. The largest absolute Gasteiger partial charge is 0.497 e. The minimum atomic E-state index is -1.13. The van der Waals surface area contributed by atoms with Crippen molar-refractivity contribution < 1.29 is 18.3 Å². The highest BCUT2D eigenvalue weighted by Gasteiger charge is 2.22. The molecule has 2 aromatic rings. The second-order valence-corrected chi connectivity index (χ2v) is 4.36. The van der Waals surface area contributed by atoms with Crippen LogP contribution in [0.5, 0.6) is 5.75 Å². The standard InChI is InChI=1S/C16H11F2NO2/c1-21-14-4-2-10(3-5-14)15(9-19)16(20)11-6-12(17)8-13(18)7-11/h2-8,15H,1H3. The number of benzene rings is 2. The van der Waals surface area contributed by atoms with E-state index in [1.165, 1.54) is 7.11 Å². The number of methoxy groups -OCH3 is 1. The number of hydrogen-bond acceptors (Lipinski definition) is 3. The number of hydrogen-bond donors (Lipinski definition) is 0. The highest BCUT2D eigenvalue weighted by atomic mass is 19.1. The molecule has 3 nitrogen and oxygen atoms in total. The van der Waals surface area contributed by atoms with E-state index in [0.717, 1.165) is 12.1 Å². The van der Waals surface area contributed by atoms with Gasteiger partial charge in [-0.05, 0) is 29.8 Å². The van der Waals surface area contributed by atoms with Crippen molar-refractivity contribution in [1.82, 2.24) is 0 Å². The van der Waals surface area contributed by atoms with Crippen LogP contribution >= 0.6 is 0 Å². The SMILES string of the molecule is COc1ccc(C(C#N)C(=O)c2cc(F)cc(F)c2)cc1. The summed E-state index contributed by atoms with van der Waals surface area (Å²) in [5, 5.41) is 9.19. The Hall–Kier alpha value is -2.74. The van der Waals surface area contributed by atoms with E-state index in [9.17, 15) is 18.8 Å². The third-order valence-corrected chi connectivity index (χ3v) is 2.99. The lowest BCUT2D eigenvalue weighted by atomic mass is 9.92. The molecule has 0 aliphatic heterocycles. The second-order valence-electron chi connectivity index (χ2n) is 4.36. The average Bonchev–Trinajstić information content (AvgIpc) is 2.47. The summed E-state index contributed by atoms with van der Waals surface area (Å²) in [4.78, 5) is 12.2. The zero-order valence-electron chi connectivity index (χ0n) is 11.1. The molecule has 0 N–H and O–H groups in total. The van der Waals surface area contributed by atoms with E-state index >= 15 is 0 Å². The summed E-state index contributed by atoms with van der Waals surface area (Å²) in [6, 6.07) is 10.7. The van der Waals surface area contributed by atoms with Crippen LogP contribution in [0.25, 0.3) is 0 Å². The Morgan fingerprint density at radius 1 is 1.14 bits per heavy atom. The third kappa shape index (κ3) is 3.23. The van der Waals surface area contributed by atoms with Crippen molar-refractivity contribution in [3.63, 3.8) is 0 Å². The molecule has 0 aliphatic carbocycles. The Bertz CT molecular complexity index is 685. The lowest BCUT2D eigenvalue weighted by Crippen LogP contribution is -2.12. The lowest BCUT2D eigenvalue weighted by molar-refractivity contribution is 0.0978. The maximum atomic E-state index is 13.2. The summed E-state index contributed by atoms with van der Waals surface area (Å²) < 4.78 is 31.3. The predicted molar refractivity (Wildman–Crippen MR) is 72.0 cm³/mol. The van der Waals surface area contributed by atoms with Crippen LogP contribution in [0.2, 0.25) is 0 Å². The molecule has 0 saturated carbocycles. The molecule has 0 fully saturated rings. The molecule has 1 atom stereocenters. The maximum Gasteiger partial charge on any atom is 0.184 e. The lowest BCUT2D eigenvalue weighted by Gasteiger charge is -2.10. The Morgan fingerprint density at radius 2 is 1.71 bits per heavy atom. The number of Topliss-reactive ketones (excluding diaryl/α,β-unsaturated/α-hetero) is 1. The van der Waals surface area contributed by atoms with E-state index in [1.54, 1.807) is 24.3 Å². The van der Waals surface area contributed by atoms with E-state index in [-0.39, 0.29) is 5.56 Å². The third-order valence-electron chi connectivity index (χ3n) is 2.99. The monoisotopic (exact) mass is 287 g/mol. The van der Waals surface area contributed by atoms with E-state index < -0.39 is 23.3 Å². The molecule has 21 heavy (non-hydrogen) atoms. The zero-order valence-corrected chi connectivity index (χ0v) is 11.1. The fourth-order valence-electron chi connectivity index (χ4n) is 1.94. The first-order valence-corrected chi connectivity index (χ1v) is 6.09. The van der Waals surface area contributed by atoms with E-state index in [4.69, 9.17) is 4.74 Å². The molecule has 0 bridgehead atoms. The number of rotatable bonds is 4. The number of halogens is 2. The molecule has 0 radical (unpaired) electrons. The zero-order chi connectivity index (χ0) is 15.4. The number of ketones is 1. The van der Waals surface area contributed by atoms with E-state index in [2.05, 4.69) is 0 Å². The molecule has 0 heterocycles. The Balaban J connectivity index is 2.36.